The van der Waals surface area contributed by atoms with Gasteiger partial charge in [-0.1, -0.05) is 23.7 Å². The average Bonchev–Trinajstić information content (AvgIpc) is 2.42. The summed E-state index contributed by atoms with van der Waals surface area (Å²) < 4.78 is 14.9. The summed E-state index contributed by atoms with van der Waals surface area (Å²) in [6, 6.07) is 8.80. The SMILES string of the molecule is Cc1ccc(-c2nc(Cl)c3c(Br)ccc(C)c3n2)c(F)c1. The molecule has 1 aromatic heterocycles. The van der Waals surface area contributed by atoms with E-state index in [0.29, 0.717) is 16.5 Å². The number of aromatic nitrogens is 2. The number of hydrogen-bond donors (Lipinski definition) is 0. The van der Waals surface area contributed by atoms with E-state index in [2.05, 4.69) is 25.9 Å². The Morgan fingerprint density at radius 3 is 2.57 bits per heavy atom. The van der Waals surface area contributed by atoms with Crippen molar-refractivity contribution in [2.75, 3.05) is 0 Å². The fourth-order valence-electron chi connectivity index (χ4n) is 2.21. The van der Waals surface area contributed by atoms with E-state index in [4.69, 9.17) is 11.6 Å². The first-order chi connectivity index (χ1) is 9.97. The zero-order valence-electron chi connectivity index (χ0n) is 11.4. The second kappa shape index (κ2) is 5.35. The van der Waals surface area contributed by atoms with Gasteiger partial charge in [-0.15, -0.1) is 0 Å². The maximum absolute atomic E-state index is 14.1. The Kier molecular flexibility index (Phi) is 3.68. The third-order valence-electron chi connectivity index (χ3n) is 3.32. The Morgan fingerprint density at radius 2 is 1.86 bits per heavy atom. The molecule has 0 saturated carbocycles. The van der Waals surface area contributed by atoms with E-state index in [1.54, 1.807) is 6.07 Å². The molecule has 0 spiro atoms. The van der Waals surface area contributed by atoms with Crippen LogP contribution in [-0.4, -0.2) is 9.97 Å². The smallest absolute Gasteiger partial charge is 0.164 e. The second-order valence-electron chi connectivity index (χ2n) is 4.91. The lowest BCUT2D eigenvalue weighted by Gasteiger charge is -2.09. The predicted molar refractivity (Wildman–Crippen MR) is 87.1 cm³/mol. The van der Waals surface area contributed by atoms with Gasteiger partial charge in [-0.3, -0.25) is 0 Å². The standard InChI is InChI=1S/C16H11BrClFN2/c1-8-3-5-10(12(19)7-8)16-20-14-9(2)4-6-11(17)13(14)15(18)21-16/h3-7H,1-2H3. The van der Waals surface area contributed by atoms with Crippen molar-refractivity contribution in [2.45, 2.75) is 13.8 Å². The van der Waals surface area contributed by atoms with Crippen molar-refractivity contribution in [2.24, 2.45) is 0 Å². The molecule has 3 rings (SSSR count). The summed E-state index contributed by atoms with van der Waals surface area (Å²) in [4.78, 5) is 8.74. The Morgan fingerprint density at radius 1 is 1.10 bits per heavy atom. The zero-order valence-corrected chi connectivity index (χ0v) is 13.8. The molecule has 2 aromatic carbocycles. The number of aryl methyl sites for hydroxylation is 2. The molecule has 0 bridgehead atoms. The van der Waals surface area contributed by atoms with Crippen molar-refractivity contribution in [3.8, 4) is 11.4 Å². The lowest BCUT2D eigenvalue weighted by molar-refractivity contribution is 0.629. The number of nitrogens with zero attached hydrogens (tertiary/aromatic N) is 2. The van der Waals surface area contributed by atoms with Gasteiger partial charge in [0.25, 0.3) is 0 Å². The Labute approximate surface area is 135 Å². The third kappa shape index (κ3) is 2.54. The Balaban J connectivity index is 2.33. The largest absolute Gasteiger partial charge is 0.227 e. The van der Waals surface area contributed by atoms with E-state index in [-0.39, 0.29) is 5.82 Å². The molecule has 0 radical (unpaired) electrons. The van der Waals surface area contributed by atoms with Gasteiger partial charge in [0, 0.05) is 4.47 Å². The van der Waals surface area contributed by atoms with Crippen molar-refractivity contribution < 1.29 is 4.39 Å². The van der Waals surface area contributed by atoms with Crippen LogP contribution in [0.25, 0.3) is 22.3 Å². The molecule has 0 amide bonds. The van der Waals surface area contributed by atoms with E-state index < -0.39 is 0 Å². The molecule has 106 valence electrons. The van der Waals surface area contributed by atoms with E-state index in [1.807, 2.05) is 32.0 Å². The summed E-state index contributed by atoms with van der Waals surface area (Å²) in [5.74, 6) is -0.0516. The summed E-state index contributed by atoms with van der Waals surface area (Å²) in [5, 5.41) is 1.05. The van der Waals surface area contributed by atoms with Crippen LogP contribution in [0, 0.1) is 19.7 Å². The second-order valence-corrected chi connectivity index (χ2v) is 6.12. The van der Waals surface area contributed by atoms with E-state index in [0.717, 1.165) is 26.5 Å². The summed E-state index contributed by atoms with van der Waals surface area (Å²) in [7, 11) is 0. The molecule has 21 heavy (non-hydrogen) atoms. The molecule has 5 heteroatoms. The summed E-state index contributed by atoms with van der Waals surface area (Å²) in [6.07, 6.45) is 0. The van der Waals surface area contributed by atoms with Gasteiger partial charge >= 0.3 is 0 Å². The average molecular weight is 366 g/mol. The van der Waals surface area contributed by atoms with Gasteiger partial charge in [-0.05, 0) is 59.1 Å². The normalized spacial score (nSPS) is 11.1. The molecule has 0 atom stereocenters. The fraction of sp³-hybridized carbons (Fsp3) is 0.125. The molecule has 0 fully saturated rings. The van der Waals surface area contributed by atoms with Crippen molar-refractivity contribution in [1.82, 2.24) is 9.97 Å². The summed E-state index contributed by atoms with van der Waals surface area (Å²) in [6.45, 7) is 3.77. The summed E-state index contributed by atoms with van der Waals surface area (Å²) >= 11 is 9.72. The van der Waals surface area contributed by atoms with Crippen molar-refractivity contribution >= 4 is 38.4 Å². The van der Waals surface area contributed by atoms with Gasteiger partial charge in [0.2, 0.25) is 0 Å². The van der Waals surface area contributed by atoms with Crippen LogP contribution < -0.4 is 0 Å². The molecule has 0 N–H and O–H groups in total. The van der Waals surface area contributed by atoms with Crippen molar-refractivity contribution in [3.05, 3.63) is 56.9 Å². The van der Waals surface area contributed by atoms with Gasteiger partial charge in [0.15, 0.2) is 5.82 Å². The molecule has 0 unspecified atom stereocenters. The van der Waals surface area contributed by atoms with E-state index in [1.165, 1.54) is 6.07 Å². The minimum atomic E-state index is -0.349. The molecule has 1 heterocycles. The highest BCUT2D eigenvalue weighted by Gasteiger charge is 2.14. The van der Waals surface area contributed by atoms with E-state index in [9.17, 15) is 4.39 Å². The highest BCUT2D eigenvalue weighted by Crippen LogP contribution is 2.33. The van der Waals surface area contributed by atoms with Crippen LogP contribution in [0.1, 0.15) is 11.1 Å². The molecule has 0 aliphatic heterocycles. The predicted octanol–water partition coefficient (Wildman–Crippen LogP) is 5.47. The Bertz CT molecular complexity index is 865. The number of benzene rings is 2. The van der Waals surface area contributed by atoms with Gasteiger partial charge in [-0.25, -0.2) is 14.4 Å². The van der Waals surface area contributed by atoms with Crippen LogP contribution in [0.2, 0.25) is 5.15 Å². The molecule has 0 aliphatic rings. The van der Waals surface area contributed by atoms with Crippen LogP contribution in [0.15, 0.2) is 34.8 Å². The molecule has 0 saturated heterocycles. The first-order valence-corrected chi connectivity index (χ1v) is 7.53. The van der Waals surface area contributed by atoms with E-state index >= 15 is 0 Å². The first kappa shape index (κ1) is 14.4. The molecule has 2 nitrogen and oxygen atoms in total. The van der Waals surface area contributed by atoms with Crippen LogP contribution in [0.4, 0.5) is 4.39 Å². The maximum Gasteiger partial charge on any atom is 0.164 e. The monoisotopic (exact) mass is 364 g/mol. The van der Waals surface area contributed by atoms with Crippen LogP contribution in [0.3, 0.4) is 0 Å². The van der Waals surface area contributed by atoms with Gasteiger partial charge in [-0.2, -0.15) is 0 Å². The van der Waals surface area contributed by atoms with Crippen LogP contribution in [0.5, 0.6) is 0 Å². The highest BCUT2D eigenvalue weighted by molar-refractivity contribution is 9.10. The van der Waals surface area contributed by atoms with Crippen molar-refractivity contribution in [1.29, 1.82) is 0 Å². The Hall–Kier alpha value is -1.52. The number of hydrogen-bond acceptors (Lipinski definition) is 2. The van der Waals surface area contributed by atoms with Gasteiger partial charge < -0.3 is 0 Å². The molecule has 3 aromatic rings. The molecular weight excluding hydrogens is 355 g/mol. The quantitative estimate of drug-likeness (QED) is 0.534. The fourth-order valence-corrected chi connectivity index (χ4v) is 3.11. The third-order valence-corrected chi connectivity index (χ3v) is 4.26. The molecule has 0 aliphatic carbocycles. The first-order valence-electron chi connectivity index (χ1n) is 6.36. The highest BCUT2D eigenvalue weighted by atomic mass is 79.9. The lowest BCUT2D eigenvalue weighted by Crippen LogP contribution is -1.96. The minimum absolute atomic E-state index is 0.297. The zero-order chi connectivity index (χ0) is 15.1. The number of halogens is 3. The van der Waals surface area contributed by atoms with Crippen LogP contribution in [-0.2, 0) is 0 Å². The minimum Gasteiger partial charge on any atom is -0.227 e. The topological polar surface area (TPSA) is 25.8 Å². The van der Waals surface area contributed by atoms with Crippen LogP contribution >= 0.6 is 27.5 Å². The molecular formula is C16H11BrClFN2. The maximum atomic E-state index is 14.1. The number of fused-ring (bicyclic) bond motifs is 1. The summed E-state index contributed by atoms with van der Waals surface area (Å²) in [5.41, 5.74) is 2.89. The lowest BCUT2D eigenvalue weighted by atomic mass is 10.1. The van der Waals surface area contributed by atoms with Gasteiger partial charge in [0.1, 0.15) is 11.0 Å². The van der Waals surface area contributed by atoms with Crippen molar-refractivity contribution in [3.63, 3.8) is 0 Å². The van der Waals surface area contributed by atoms with Gasteiger partial charge in [0.05, 0.1) is 16.5 Å². The number of rotatable bonds is 1.